The summed E-state index contributed by atoms with van der Waals surface area (Å²) in [7, 11) is 0. The Hall–Kier alpha value is -3.81. The molecule has 0 spiro atoms. The Balaban J connectivity index is 1.48. The average molecular weight is 378 g/mol. The van der Waals surface area contributed by atoms with Gasteiger partial charge in [-0.3, -0.25) is 4.79 Å². The van der Waals surface area contributed by atoms with Crippen LogP contribution < -0.4 is 27.4 Å². The van der Waals surface area contributed by atoms with Gasteiger partial charge in [-0.05, 0) is 34.4 Å². The number of nitrogens with two attached hydrogens (primary N) is 2. The van der Waals surface area contributed by atoms with Crippen molar-refractivity contribution in [3.05, 3.63) is 71.4 Å². The quantitative estimate of drug-likeness (QED) is 0.518. The maximum absolute atomic E-state index is 12.1. The molecule has 0 saturated carbocycles. The third kappa shape index (κ3) is 5.34. The molecule has 8 nitrogen and oxygen atoms in total. The van der Waals surface area contributed by atoms with Crippen molar-refractivity contribution in [2.75, 3.05) is 11.9 Å². The van der Waals surface area contributed by atoms with E-state index < -0.39 is 5.91 Å². The lowest BCUT2D eigenvalue weighted by Crippen LogP contribution is -2.30. The Bertz CT molecular complexity index is 917. The first-order valence-corrected chi connectivity index (χ1v) is 8.76. The van der Waals surface area contributed by atoms with Gasteiger partial charge in [0.1, 0.15) is 0 Å². The first-order chi connectivity index (χ1) is 13.5. The zero-order chi connectivity index (χ0) is 19.9. The highest BCUT2D eigenvalue weighted by Gasteiger charge is 2.07. The van der Waals surface area contributed by atoms with Crippen LogP contribution in [-0.4, -0.2) is 24.4 Å². The number of benzene rings is 2. The van der Waals surface area contributed by atoms with Gasteiger partial charge in [0.2, 0.25) is 5.91 Å². The highest BCUT2D eigenvalue weighted by Crippen LogP contribution is 2.16. The normalized spacial score (nSPS) is 13.0. The number of hydrogen-bond donors (Lipinski definition) is 5. The number of urea groups is 1. The molecule has 0 bridgehead atoms. The Labute approximate surface area is 162 Å². The summed E-state index contributed by atoms with van der Waals surface area (Å²) < 4.78 is 0. The van der Waals surface area contributed by atoms with Gasteiger partial charge in [-0.2, -0.15) is 0 Å². The molecule has 3 amide bonds. The zero-order valence-electron chi connectivity index (χ0n) is 15.2. The second kappa shape index (κ2) is 8.72. The van der Waals surface area contributed by atoms with E-state index >= 15 is 0 Å². The van der Waals surface area contributed by atoms with Crippen molar-refractivity contribution < 1.29 is 9.59 Å². The summed E-state index contributed by atoms with van der Waals surface area (Å²) in [5.74, 6) is 0.0236. The van der Waals surface area contributed by atoms with E-state index in [1.54, 1.807) is 24.3 Å². The molecule has 0 unspecified atom stereocenters. The molecule has 28 heavy (non-hydrogen) atoms. The van der Waals surface area contributed by atoms with E-state index in [9.17, 15) is 9.59 Å². The van der Waals surface area contributed by atoms with E-state index in [2.05, 4.69) is 20.9 Å². The predicted octanol–water partition coefficient (Wildman–Crippen LogP) is 1.29. The van der Waals surface area contributed by atoms with Crippen molar-refractivity contribution in [3.8, 4) is 0 Å². The average Bonchev–Trinajstić information content (AvgIpc) is 2.69. The minimum absolute atomic E-state index is 0.176. The smallest absolute Gasteiger partial charge is 0.319 e. The number of aliphatic imine (C=N–C) groups is 1. The molecule has 0 radical (unpaired) electrons. The maximum Gasteiger partial charge on any atom is 0.319 e. The highest BCUT2D eigenvalue weighted by molar-refractivity contribution is 5.89. The van der Waals surface area contributed by atoms with Crippen LogP contribution in [0.5, 0.6) is 0 Å². The molecule has 0 saturated heterocycles. The molecule has 3 rings (SSSR count). The van der Waals surface area contributed by atoms with Gasteiger partial charge in [0, 0.05) is 18.4 Å². The molecule has 7 N–H and O–H groups in total. The summed E-state index contributed by atoms with van der Waals surface area (Å²) in [5.41, 5.74) is 15.2. The first kappa shape index (κ1) is 19.0. The number of nitrogens with zero attached hydrogens (tertiary/aromatic N) is 1. The van der Waals surface area contributed by atoms with E-state index in [0.717, 1.165) is 22.3 Å². The van der Waals surface area contributed by atoms with Gasteiger partial charge in [0.25, 0.3) is 0 Å². The summed E-state index contributed by atoms with van der Waals surface area (Å²) in [6, 6.07) is 14.5. The van der Waals surface area contributed by atoms with Gasteiger partial charge >= 0.3 is 6.03 Å². The van der Waals surface area contributed by atoms with Gasteiger partial charge < -0.3 is 27.4 Å². The summed E-state index contributed by atoms with van der Waals surface area (Å²) in [6.45, 7) is 0.936. The topological polar surface area (TPSA) is 135 Å². The minimum atomic E-state index is -0.391. The molecule has 2 aromatic rings. The summed E-state index contributed by atoms with van der Waals surface area (Å²) in [4.78, 5) is 27.1. The van der Waals surface area contributed by atoms with Gasteiger partial charge in [-0.1, -0.05) is 36.4 Å². The van der Waals surface area contributed by atoms with Gasteiger partial charge in [0.05, 0.1) is 13.0 Å². The van der Waals surface area contributed by atoms with Crippen LogP contribution in [0.4, 0.5) is 10.5 Å². The number of nitrogens with one attached hydrogen (secondary N) is 3. The summed E-state index contributed by atoms with van der Waals surface area (Å²) >= 11 is 0. The SMILES string of the molecule is NC(=O)Cc1ccc(NC(=O)NCc2ccc(C3=CNC(N)=NC3)cc2)cc1. The number of primary amides is 1. The van der Waals surface area contributed by atoms with Crippen LogP contribution in [-0.2, 0) is 17.8 Å². The monoisotopic (exact) mass is 378 g/mol. The summed E-state index contributed by atoms with van der Waals surface area (Å²) in [6.07, 6.45) is 2.02. The van der Waals surface area contributed by atoms with E-state index in [4.69, 9.17) is 11.5 Å². The largest absolute Gasteiger partial charge is 0.370 e. The van der Waals surface area contributed by atoms with Crippen LogP contribution in [0, 0.1) is 0 Å². The Morgan fingerprint density at radius 1 is 1.04 bits per heavy atom. The highest BCUT2D eigenvalue weighted by atomic mass is 16.2. The predicted molar refractivity (Wildman–Crippen MR) is 109 cm³/mol. The molecule has 0 aliphatic carbocycles. The van der Waals surface area contributed by atoms with E-state index in [1.807, 2.05) is 30.5 Å². The van der Waals surface area contributed by atoms with Crippen LogP contribution in [0.2, 0.25) is 0 Å². The van der Waals surface area contributed by atoms with Gasteiger partial charge in [-0.15, -0.1) is 0 Å². The molecule has 0 aromatic heterocycles. The van der Waals surface area contributed by atoms with Crippen molar-refractivity contribution in [2.45, 2.75) is 13.0 Å². The molecule has 1 aliphatic rings. The molecular weight excluding hydrogens is 356 g/mol. The van der Waals surface area contributed by atoms with E-state index in [-0.39, 0.29) is 12.5 Å². The minimum Gasteiger partial charge on any atom is -0.370 e. The Morgan fingerprint density at radius 2 is 1.71 bits per heavy atom. The number of hydrogen-bond acceptors (Lipinski definition) is 5. The second-order valence-corrected chi connectivity index (χ2v) is 6.36. The molecule has 1 aliphatic heterocycles. The van der Waals surface area contributed by atoms with Crippen LogP contribution >= 0.6 is 0 Å². The van der Waals surface area contributed by atoms with Crippen LogP contribution in [0.25, 0.3) is 5.57 Å². The number of carbonyl (C=O) groups is 2. The lowest BCUT2D eigenvalue weighted by molar-refractivity contribution is -0.117. The van der Waals surface area contributed by atoms with Crippen molar-refractivity contribution in [1.29, 1.82) is 0 Å². The molecule has 144 valence electrons. The third-order valence-corrected chi connectivity index (χ3v) is 4.18. The second-order valence-electron chi connectivity index (χ2n) is 6.36. The number of anilines is 1. The Morgan fingerprint density at radius 3 is 2.32 bits per heavy atom. The lowest BCUT2D eigenvalue weighted by Gasteiger charge is -2.13. The van der Waals surface area contributed by atoms with Gasteiger partial charge in [0.15, 0.2) is 5.96 Å². The van der Waals surface area contributed by atoms with Crippen molar-refractivity contribution in [2.24, 2.45) is 16.5 Å². The molecule has 1 heterocycles. The number of rotatable bonds is 6. The number of carbonyl (C=O) groups excluding carboxylic acids is 2. The summed E-state index contributed by atoms with van der Waals surface area (Å²) in [5, 5.41) is 8.46. The van der Waals surface area contributed by atoms with Crippen LogP contribution in [0.15, 0.2) is 59.7 Å². The Kier molecular flexibility index (Phi) is 5.91. The fourth-order valence-corrected chi connectivity index (χ4v) is 2.70. The number of amides is 3. The fraction of sp³-hybridized carbons (Fsp3) is 0.150. The number of guanidine groups is 1. The van der Waals surface area contributed by atoms with Crippen molar-refractivity contribution >= 4 is 29.2 Å². The molecule has 0 fully saturated rings. The van der Waals surface area contributed by atoms with Crippen molar-refractivity contribution in [1.82, 2.24) is 10.6 Å². The van der Waals surface area contributed by atoms with E-state index in [1.165, 1.54) is 0 Å². The molecule has 8 heteroatoms. The standard InChI is InChI=1S/C20H22N6O2/c21-18(27)9-13-3-7-17(8-4-13)26-20(28)25-10-14-1-5-15(6-2-14)16-11-23-19(22)24-12-16/h1-8,11H,9-10,12H2,(H2,21,27)(H3,22,23,24)(H2,25,26,28). The van der Waals surface area contributed by atoms with E-state index in [0.29, 0.717) is 24.7 Å². The molecular formula is C20H22N6O2. The van der Waals surface area contributed by atoms with Crippen LogP contribution in [0.3, 0.4) is 0 Å². The lowest BCUT2D eigenvalue weighted by atomic mass is 10.0. The molecule has 2 aromatic carbocycles. The van der Waals surface area contributed by atoms with Gasteiger partial charge in [-0.25, -0.2) is 9.79 Å². The first-order valence-electron chi connectivity index (χ1n) is 8.76. The van der Waals surface area contributed by atoms with Crippen molar-refractivity contribution in [3.63, 3.8) is 0 Å². The maximum atomic E-state index is 12.1. The molecule has 0 atom stereocenters. The fourth-order valence-electron chi connectivity index (χ4n) is 2.70. The zero-order valence-corrected chi connectivity index (χ0v) is 15.2. The third-order valence-electron chi connectivity index (χ3n) is 4.18. The van der Waals surface area contributed by atoms with Crippen LogP contribution in [0.1, 0.15) is 16.7 Å².